The topological polar surface area (TPSA) is 24.9 Å². The lowest BCUT2D eigenvalue weighted by molar-refractivity contribution is 0.577. The molecular formula is C13H11ClF2N2. The monoisotopic (exact) mass is 268 g/mol. The summed E-state index contributed by atoms with van der Waals surface area (Å²) in [5.74, 6) is -0.936. The molecule has 0 saturated heterocycles. The van der Waals surface area contributed by atoms with Crippen molar-refractivity contribution >= 4 is 17.3 Å². The van der Waals surface area contributed by atoms with Crippen molar-refractivity contribution in [1.82, 2.24) is 4.98 Å². The second kappa shape index (κ2) is 5.31. The molecule has 0 aliphatic rings. The summed E-state index contributed by atoms with van der Waals surface area (Å²) in [6, 6.07) is 4.56. The highest BCUT2D eigenvalue weighted by Crippen LogP contribution is 2.26. The molecule has 0 aliphatic heterocycles. The minimum Gasteiger partial charge on any atom is -0.376 e. The largest absolute Gasteiger partial charge is 0.376 e. The minimum absolute atomic E-state index is 0.245. The van der Waals surface area contributed by atoms with Gasteiger partial charge in [-0.15, -0.1) is 0 Å². The smallest absolute Gasteiger partial charge is 0.128 e. The molecule has 1 N–H and O–H groups in total. The zero-order valence-electron chi connectivity index (χ0n) is 9.62. The lowest BCUT2D eigenvalue weighted by atomic mass is 10.1. The van der Waals surface area contributed by atoms with E-state index in [2.05, 4.69) is 10.3 Å². The third-order valence-corrected chi connectivity index (χ3v) is 2.89. The highest BCUT2D eigenvalue weighted by molar-refractivity contribution is 6.33. The standard InChI is InChI=1S/C13H11ClF2N2/c1-8(10-6-9(15)2-3-12(10)16)18-13-7-17-5-4-11(13)14/h2-8,18H,1H3. The van der Waals surface area contributed by atoms with E-state index < -0.39 is 17.7 Å². The highest BCUT2D eigenvalue weighted by Gasteiger charge is 2.13. The molecule has 1 atom stereocenters. The Hall–Kier alpha value is -1.68. The van der Waals surface area contributed by atoms with Crippen molar-refractivity contribution in [3.05, 3.63) is 58.9 Å². The summed E-state index contributed by atoms with van der Waals surface area (Å²) < 4.78 is 26.7. The van der Waals surface area contributed by atoms with Crippen molar-refractivity contribution in [3.8, 4) is 0 Å². The Kier molecular flexibility index (Phi) is 3.77. The first kappa shape index (κ1) is 12.8. The maximum Gasteiger partial charge on any atom is 0.128 e. The van der Waals surface area contributed by atoms with E-state index in [1.54, 1.807) is 19.2 Å². The van der Waals surface area contributed by atoms with Crippen LogP contribution in [0.4, 0.5) is 14.5 Å². The molecule has 2 rings (SSSR count). The van der Waals surface area contributed by atoms with Gasteiger partial charge in [-0.3, -0.25) is 4.98 Å². The van der Waals surface area contributed by atoms with Gasteiger partial charge in [0.15, 0.2) is 0 Å². The van der Waals surface area contributed by atoms with Crippen LogP contribution in [0.2, 0.25) is 5.02 Å². The normalized spacial score (nSPS) is 12.2. The van der Waals surface area contributed by atoms with Crippen LogP contribution in [0.5, 0.6) is 0 Å². The highest BCUT2D eigenvalue weighted by atomic mass is 35.5. The molecule has 1 aromatic heterocycles. The van der Waals surface area contributed by atoms with Gasteiger partial charge in [0.2, 0.25) is 0 Å². The fourth-order valence-corrected chi connectivity index (χ4v) is 1.80. The van der Waals surface area contributed by atoms with Gasteiger partial charge in [-0.05, 0) is 31.2 Å². The Morgan fingerprint density at radius 1 is 1.28 bits per heavy atom. The van der Waals surface area contributed by atoms with Crippen molar-refractivity contribution in [3.63, 3.8) is 0 Å². The fourth-order valence-electron chi connectivity index (χ4n) is 1.64. The van der Waals surface area contributed by atoms with Crippen LogP contribution < -0.4 is 5.32 Å². The van der Waals surface area contributed by atoms with Crippen molar-refractivity contribution in [1.29, 1.82) is 0 Å². The number of hydrogen-bond donors (Lipinski definition) is 1. The molecular weight excluding hydrogens is 258 g/mol. The Morgan fingerprint density at radius 2 is 2.06 bits per heavy atom. The molecule has 1 aromatic carbocycles. The van der Waals surface area contributed by atoms with Gasteiger partial charge in [0, 0.05) is 11.8 Å². The van der Waals surface area contributed by atoms with Gasteiger partial charge in [-0.1, -0.05) is 11.6 Å². The summed E-state index contributed by atoms with van der Waals surface area (Å²) in [7, 11) is 0. The number of benzene rings is 1. The van der Waals surface area contributed by atoms with Crippen LogP contribution in [0.3, 0.4) is 0 Å². The fraction of sp³-hybridized carbons (Fsp3) is 0.154. The third kappa shape index (κ3) is 2.76. The zero-order chi connectivity index (χ0) is 13.1. The molecule has 5 heteroatoms. The first-order valence-electron chi connectivity index (χ1n) is 5.39. The van der Waals surface area contributed by atoms with E-state index in [9.17, 15) is 8.78 Å². The second-order valence-corrected chi connectivity index (χ2v) is 4.29. The summed E-state index contributed by atoms with van der Waals surface area (Å²) in [6.07, 6.45) is 3.09. The summed E-state index contributed by atoms with van der Waals surface area (Å²) in [5, 5.41) is 3.47. The molecule has 0 amide bonds. The number of hydrogen-bond acceptors (Lipinski definition) is 2. The number of halogens is 3. The average Bonchev–Trinajstić information content (AvgIpc) is 2.35. The van der Waals surface area contributed by atoms with Crippen LogP contribution in [0.25, 0.3) is 0 Å². The molecule has 1 heterocycles. The van der Waals surface area contributed by atoms with E-state index >= 15 is 0 Å². The minimum atomic E-state index is -0.475. The maximum atomic E-state index is 13.6. The quantitative estimate of drug-likeness (QED) is 0.903. The van der Waals surface area contributed by atoms with Crippen LogP contribution in [0, 0.1) is 11.6 Å². The molecule has 0 bridgehead atoms. The molecule has 0 fully saturated rings. The Balaban J connectivity index is 2.25. The van der Waals surface area contributed by atoms with Crippen molar-refractivity contribution in [2.45, 2.75) is 13.0 Å². The molecule has 1 unspecified atom stereocenters. The van der Waals surface area contributed by atoms with Gasteiger partial charge < -0.3 is 5.32 Å². The molecule has 2 nitrogen and oxygen atoms in total. The van der Waals surface area contributed by atoms with Gasteiger partial charge in [0.25, 0.3) is 0 Å². The van der Waals surface area contributed by atoms with E-state index in [0.717, 1.165) is 18.2 Å². The zero-order valence-corrected chi connectivity index (χ0v) is 10.4. The first-order valence-corrected chi connectivity index (χ1v) is 5.76. The molecule has 0 spiro atoms. The Labute approximate surface area is 109 Å². The third-order valence-electron chi connectivity index (χ3n) is 2.56. The number of rotatable bonds is 3. The van der Waals surface area contributed by atoms with E-state index in [4.69, 9.17) is 11.6 Å². The van der Waals surface area contributed by atoms with E-state index in [0.29, 0.717) is 10.7 Å². The van der Waals surface area contributed by atoms with Gasteiger partial charge >= 0.3 is 0 Å². The Bertz CT molecular complexity index is 560. The van der Waals surface area contributed by atoms with Gasteiger partial charge in [0.1, 0.15) is 11.6 Å². The predicted octanol–water partition coefficient (Wildman–Crippen LogP) is 4.19. The van der Waals surface area contributed by atoms with Gasteiger partial charge in [-0.25, -0.2) is 8.78 Å². The van der Waals surface area contributed by atoms with E-state index in [1.165, 1.54) is 6.20 Å². The number of anilines is 1. The van der Waals surface area contributed by atoms with Crippen LogP contribution in [-0.2, 0) is 0 Å². The number of pyridine rings is 1. The summed E-state index contributed by atoms with van der Waals surface area (Å²) in [4.78, 5) is 3.92. The van der Waals surface area contributed by atoms with Crippen LogP contribution in [0.1, 0.15) is 18.5 Å². The molecule has 0 saturated carbocycles. The van der Waals surface area contributed by atoms with Crippen LogP contribution >= 0.6 is 11.6 Å². The summed E-state index contributed by atoms with van der Waals surface area (Å²) in [5.41, 5.74) is 0.824. The summed E-state index contributed by atoms with van der Waals surface area (Å²) >= 11 is 5.96. The number of nitrogens with zero attached hydrogens (tertiary/aromatic N) is 1. The average molecular weight is 269 g/mol. The molecule has 0 aliphatic carbocycles. The maximum absolute atomic E-state index is 13.6. The summed E-state index contributed by atoms with van der Waals surface area (Å²) in [6.45, 7) is 1.72. The molecule has 94 valence electrons. The molecule has 18 heavy (non-hydrogen) atoms. The van der Waals surface area contributed by atoms with Crippen LogP contribution in [-0.4, -0.2) is 4.98 Å². The molecule has 0 radical (unpaired) electrons. The lowest BCUT2D eigenvalue weighted by Crippen LogP contribution is -2.09. The van der Waals surface area contributed by atoms with Crippen molar-refractivity contribution in [2.24, 2.45) is 0 Å². The van der Waals surface area contributed by atoms with E-state index in [1.807, 2.05) is 0 Å². The van der Waals surface area contributed by atoms with Crippen molar-refractivity contribution < 1.29 is 8.78 Å². The SMILES string of the molecule is CC(Nc1cnccc1Cl)c1cc(F)ccc1F. The Morgan fingerprint density at radius 3 is 2.78 bits per heavy atom. The number of aromatic nitrogens is 1. The van der Waals surface area contributed by atoms with Crippen molar-refractivity contribution in [2.75, 3.05) is 5.32 Å². The predicted molar refractivity (Wildman–Crippen MR) is 67.6 cm³/mol. The molecule has 2 aromatic rings. The second-order valence-electron chi connectivity index (χ2n) is 3.89. The van der Waals surface area contributed by atoms with Gasteiger partial charge in [-0.2, -0.15) is 0 Å². The first-order chi connectivity index (χ1) is 8.58. The lowest BCUT2D eigenvalue weighted by Gasteiger charge is -2.17. The van der Waals surface area contributed by atoms with Crippen LogP contribution in [0.15, 0.2) is 36.7 Å². The number of nitrogens with one attached hydrogen (secondary N) is 1. The van der Waals surface area contributed by atoms with E-state index in [-0.39, 0.29) is 5.56 Å². The van der Waals surface area contributed by atoms with Gasteiger partial charge in [0.05, 0.1) is 22.9 Å².